The van der Waals surface area contributed by atoms with Crippen molar-refractivity contribution in [1.82, 2.24) is 16.0 Å². The number of likely N-dealkylation sites (N-methyl/N-ethyl adjacent to an activating group) is 1. The fraction of sp³-hybridized carbons (Fsp3) is 0.474. The van der Waals surface area contributed by atoms with E-state index in [1.165, 1.54) is 35.1 Å². The van der Waals surface area contributed by atoms with Crippen molar-refractivity contribution in [2.45, 2.75) is 150 Å². The molecule has 0 saturated carbocycles. The largest absolute Gasteiger partial charge is 0.319 e. The van der Waals surface area contributed by atoms with Crippen LogP contribution in [0.5, 0.6) is 0 Å². The highest BCUT2D eigenvalue weighted by atomic mass is 16.1. The molecular weight excluding hydrogens is 823 g/mol. The van der Waals surface area contributed by atoms with Crippen LogP contribution in [0.1, 0.15) is 188 Å². The van der Waals surface area contributed by atoms with Crippen molar-refractivity contribution >= 4 is 34.7 Å². The average molecular weight is 904 g/mol. The van der Waals surface area contributed by atoms with E-state index in [1.54, 1.807) is 27.7 Å². The first kappa shape index (κ1) is 58.8. The highest BCUT2D eigenvalue weighted by Gasteiger charge is 2.07. The van der Waals surface area contributed by atoms with Gasteiger partial charge in [-0.25, -0.2) is 0 Å². The Morgan fingerprint density at radius 3 is 0.985 bits per heavy atom. The molecule has 0 radical (unpaired) electrons. The van der Waals surface area contributed by atoms with Crippen molar-refractivity contribution < 1.29 is 28.8 Å². The summed E-state index contributed by atoms with van der Waals surface area (Å²) in [6, 6.07) is 31.3. The lowest BCUT2D eigenvalue weighted by molar-refractivity contribution is -0.117. The molecule has 0 fully saturated rings. The van der Waals surface area contributed by atoms with Crippen LogP contribution in [0.4, 0.5) is 0 Å². The Hall–Kier alpha value is -5.22. The number of rotatable bonds is 28. The van der Waals surface area contributed by atoms with E-state index in [0.717, 1.165) is 106 Å². The normalized spacial score (nSPS) is 10.3. The zero-order valence-electron chi connectivity index (χ0n) is 41.6. The van der Waals surface area contributed by atoms with Gasteiger partial charge in [-0.1, -0.05) is 136 Å². The van der Waals surface area contributed by atoms with E-state index in [0.29, 0.717) is 25.7 Å². The van der Waals surface area contributed by atoms with Gasteiger partial charge in [0.05, 0.1) is 0 Å². The topological polar surface area (TPSA) is 139 Å². The summed E-state index contributed by atoms with van der Waals surface area (Å²) >= 11 is 0. The highest BCUT2D eigenvalue weighted by molar-refractivity contribution is 5.97. The number of carbonyl (C=O) groups excluding carboxylic acids is 6. The van der Waals surface area contributed by atoms with E-state index in [1.807, 2.05) is 106 Å². The Bertz CT molecular complexity index is 1970. The molecule has 0 aliphatic rings. The minimum atomic E-state index is 0.117. The van der Waals surface area contributed by atoms with Gasteiger partial charge in [0.15, 0.2) is 23.1 Å². The number of Topliss-reactive ketones (excluding diaryl/α,β-unsaturated/α-hetero) is 6. The Morgan fingerprint density at radius 1 is 0.364 bits per heavy atom. The van der Waals surface area contributed by atoms with Gasteiger partial charge in [0.1, 0.15) is 11.6 Å². The molecule has 0 spiro atoms. The lowest BCUT2D eigenvalue weighted by Crippen LogP contribution is -2.10. The molecule has 0 unspecified atom stereocenters. The van der Waals surface area contributed by atoms with Crippen LogP contribution in [0.25, 0.3) is 0 Å². The first-order valence-electron chi connectivity index (χ1n) is 24.1. The lowest BCUT2D eigenvalue weighted by atomic mass is 10.0. The minimum Gasteiger partial charge on any atom is -0.319 e. The average Bonchev–Trinajstić information content (AvgIpc) is 3.31. The quantitative estimate of drug-likeness (QED) is 0.0375. The van der Waals surface area contributed by atoms with Gasteiger partial charge in [-0.3, -0.25) is 19.2 Å². The monoisotopic (exact) mass is 904 g/mol. The maximum atomic E-state index is 12.1. The second kappa shape index (κ2) is 36.9. The second-order valence-electron chi connectivity index (χ2n) is 17.0. The molecule has 0 heterocycles. The SMILES string of the molecule is CCCCc1ccc(C(=O)CCCCCCC(C)=O)cc1.CNCCc1ccc(C(C)=O)cc1.CNCc1ccc(C(=O)CCCCCCC(C)=O)cc1.CNCc1ccc(C(C)=O)cc1. The fourth-order valence-electron chi connectivity index (χ4n) is 6.80. The first-order valence-corrected chi connectivity index (χ1v) is 24.1. The van der Waals surface area contributed by atoms with Crippen LogP contribution in [0.2, 0.25) is 0 Å². The molecule has 9 nitrogen and oxygen atoms in total. The summed E-state index contributed by atoms with van der Waals surface area (Å²) < 4.78 is 0. The van der Waals surface area contributed by atoms with Crippen molar-refractivity contribution in [3.8, 4) is 0 Å². The Morgan fingerprint density at radius 2 is 0.682 bits per heavy atom. The van der Waals surface area contributed by atoms with Crippen LogP contribution >= 0.6 is 0 Å². The zero-order valence-corrected chi connectivity index (χ0v) is 41.6. The molecule has 66 heavy (non-hydrogen) atoms. The van der Waals surface area contributed by atoms with Gasteiger partial charge >= 0.3 is 0 Å². The highest BCUT2D eigenvalue weighted by Crippen LogP contribution is 2.14. The van der Waals surface area contributed by atoms with E-state index in [-0.39, 0.29) is 34.7 Å². The van der Waals surface area contributed by atoms with Gasteiger partial charge in [-0.15, -0.1) is 0 Å². The van der Waals surface area contributed by atoms with Crippen LogP contribution in [0.3, 0.4) is 0 Å². The summed E-state index contributed by atoms with van der Waals surface area (Å²) in [7, 11) is 5.74. The maximum absolute atomic E-state index is 12.1. The molecule has 0 aromatic heterocycles. The number of hydrogen-bond acceptors (Lipinski definition) is 9. The summed E-state index contributed by atoms with van der Waals surface area (Å²) in [5.74, 6) is 1.21. The molecule has 3 N–H and O–H groups in total. The zero-order chi connectivity index (χ0) is 49.0. The van der Waals surface area contributed by atoms with Crippen molar-refractivity contribution in [2.75, 3.05) is 27.7 Å². The van der Waals surface area contributed by atoms with Crippen LogP contribution < -0.4 is 16.0 Å². The molecule has 9 heteroatoms. The van der Waals surface area contributed by atoms with Crippen LogP contribution in [0, 0.1) is 0 Å². The molecule has 0 amide bonds. The second-order valence-corrected chi connectivity index (χ2v) is 17.0. The minimum absolute atomic E-state index is 0.117. The molecule has 4 aromatic rings. The Kier molecular flexibility index (Phi) is 32.9. The van der Waals surface area contributed by atoms with Crippen molar-refractivity contribution in [1.29, 1.82) is 0 Å². The van der Waals surface area contributed by atoms with Crippen molar-refractivity contribution in [2.24, 2.45) is 0 Å². The Labute approximate surface area is 397 Å². The van der Waals surface area contributed by atoms with Crippen LogP contribution in [-0.4, -0.2) is 62.4 Å². The number of carbonyl (C=O) groups is 6. The van der Waals surface area contributed by atoms with E-state index < -0.39 is 0 Å². The Balaban J connectivity index is 0.000000452. The van der Waals surface area contributed by atoms with Gasteiger partial charge in [-0.05, 0) is 123 Å². The van der Waals surface area contributed by atoms with Crippen molar-refractivity contribution in [3.63, 3.8) is 0 Å². The van der Waals surface area contributed by atoms with E-state index in [9.17, 15) is 28.8 Å². The number of hydrogen-bond donors (Lipinski definition) is 3. The van der Waals surface area contributed by atoms with E-state index in [4.69, 9.17) is 0 Å². The predicted octanol–water partition coefficient (Wildman–Crippen LogP) is 11.9. The summed E-state index contributed by atoms with van der Waals surface area (Å²) in [4.78, 5) is 67.5. The number of ketones is 6. The molecule has 0 aliphatic carbocycles. The maximum Gasteiger partial charge on any atom is 0.162 e. The molecule has 0 bridgehead atoms. The van der Waals surface area contributed by atoms with E-state index >= 15 is 0 Å². The smallest absolute Gasteiger partial charge is 0.162 e. The molecule has 4 rings (SSSR count). The first-order chi connectivity index (χ1) is 31.7. The van der Waals surface area contributed by atoms with Gasteiger partial charge < -0.3 is 25.5 Å². The summed E-state index contributed by atoms with van der Waals surface area (Å²) in [6.45, 7) is 11.3. The predicted molar refractivity (Wildman–Crippen MR) is 273 cm³/mol. The number of benzene rings is 4. The lowest BCUT2D eigenvalue weighted by Gasteiger charge is -2.04. The number of nitrogens with one attached hydrogen (secondary N) is 3. The third kappa shape index (κ3) is 28.6. The number of unbranched alkanes of at least 4 members (excludes halogenated alkanes) is 7. The van der Waals surface area contributed by atoms with Gasteiger partial charge in [0, 0.05) is 61.0 Å². The molecule has 0 saturated heterocycles. The third-order valence-corrected chi connectivity index (χ3v) is 10.9. The molecule has 360 valence electrons. The third-order valence-electron chi connectivity index (χ3n) is 10.9. The van der Waals surface area contributed by atoms with Gasteiger partial charge in [0.2, 0.25) is 0 Å². The van der Waals surface area contributed by atoms with Crippen molar-refractivity contribution in [3.05, 3.63) is 142 Å². The number of aryl methyl sites for hydroxylation is 1. The van der Waals surface area contributed by atoms with Gasteiger partial charge in [-0.2, -0.15) is 0 Å². The van der Waals surface area contributed by atoms with Crippen LogP contribution in [0.15, 0.2) is 97.1 Å². The summed E-state index contributed by atoms with van der Waals surface area (Å²) in [6.07, 6.45) is 14.9. The fourth-order valence-corrected chi connectivity index (χ4v) is 6.80. The molecule has 0 atom stereocenters. The molecule has 4 aromatic carbocycles. The van der Waals surface area contributed by atoms with E-state index in [2.05, 4.69) is 35.0 Å². The summed E-state index contributed by atoms with van der Waals surface area (Å²) in [5.41, 5.74) is 8.16. The standard InChI is InChI=1S/C19H28O2.C17H25NO2.C11H15NO.C10H13NO/c1-3-4-10-17-12-14-18(15-13-17)19(21)11-8-6-5-7-9-16(2)20;1-14(19)7-5-3-4-6-8-17(20)16-11-9-15(10-12-16)13-18-2;1-9(13)11-5-3-10(4-6-11)7-8-12-2;1-8(12)10-5-3-9(4-6-10)7-11-2/h12-15H,3-11H2,1-2H3;9-12,18H,3-8,13H2,1-2H3;3-6,12H,7-8H2,1-2H3;3-6,11H,7H2,1-2H3. The molecule has 0 aliphatic heterocycles. The molecular formula is C57H81N3O6. The van der Waals surface area contributed by atoms with Gasteiger partial charge in [0.25, 0.3) is 0 Å². The van der Waals surface area contributed by atoms with Crippen LogP contribution in [-0.2, 0) is 35.5 Å². The summed E-state index contributed by atoms with van der Waals surface area (Å²) in [5, 5.41) is 9.22.